The standard InChI is InChI=1S/C17H17BrFNO/c18-15-7-13(19)5-6-14(15)16(21)17(10-20)8-11-3-1-2-4-12(11)9-17/h1-7,16,21H,8-10,20H2. The molecule has 1 aliphatic carbocycles. The Morgan fingerprint density at radius 3 is 2.33 bits per heavy atom. The summed E-state index contributed by atoms with van der Waals surface area (Å²) in [4.78, 5) is 0. The first-order chi connectivity index (χ1) is 10.1. The van der Waals surface area contributed by atoms with Crippen LogP contribution in [0.4, 0.5) is 4.39 Å². The smallest absolute Gasteiger partial charge is 0.124 e. The van der Waals surface area contributed by atoms with Gasteiger partial charge in [0, 0.05) is 16.4 Å². The number of aliphatic hydroxyl groups is 1. The Morgan fingerprint density at radius 1 is 1.19 bits per heavy atom. The summed E-state index contributed by atoms with van der Waals surface area (Å²) in [6.07, 6.45) is 0.750. The molecule has 0 radical (unpaired) electrons. The van der Waals surface area contributed by atoms with Gasteiger partial charge in [-0.1, -0.05) is 46.3 Å². The Bertz CT molecular complexity index is 649. The van der Waals surface area contributed by atoms with Gasteiger partial charge in [0.15, 0.2) is 0 Å². The van der Waals surface area contributed by atoms with Crippen LogP contribution >= 0.6 is 15.9 Å². The molecule has 21 heavy (non-hydrogen) atoms. The third-order valence-corrected chi connectivity index (χ3v) is 5.13. The molecule has 0 amide bonds. The molecule has 0 heterocycles. The van der Waals surface area contributed by atoms with Gasteiger partial charge < -0.3 is 10.8 Å². The fourth-order valence-corrected chi connectivity index (χ4v) is 3.79. The minimum atomic E-state index is -0.732. The molecule has 110 valence electrons. The molecule has 1 atom stereocenters. The SMILES string of the molecule is NCC1(C(O)c2ccc(F)cc2Br)Cc2ccccc2C1. The van der Waals surface area contributed by atoms with Crippen LogP contribution in [0.1, 0.15) is 22.8 Å². The number of nitrogens with two attached hydrogens (primary N) is 1. The molecule has 2 aromatic rings. The minimum absolute atomic E-state index is 0.325. The molecule has 3 rings (SSSR count). The predicted octanol–water partition coefficient (Wildman–Crippen LogP) is 3.37. The average Bonchev–Trinajstić information content (AvgIpc) is 2.86. The third kappa shape index (κ3) is 2.52. The Labute approximate surface area is 131 Å². The van der Waals surface area contributed by atoms with Crippen LogP contribution in [0, 0.1) is 11.2 Å². The summed E-state index contributed by atoms with van der Waals surface area (Å²) in [6, 6.07) is 12.6. The van der Waals surface area contributed by atoms with Crippen molar-refractivity contribution in [1.29, 1.82) is 0 Å². The van der Waals surface area contributed by atoms with E-state index in [-0.39, 0.29) is 5.82 Å². The van der Waals surface area contributed by atoms with E-state index in [1.807, 2.05) is 12.1 Å². The molecule has 1 aliphatic rings. The number of halogens is 2. The highest BCUT2D eigenvalue weighted by molar-refractivity contribution is 9.10. The summed E-state index contributed by atoms with van der Waals surface area (Å²) < 4.78 is 13.8. The fraction of sp³-hybridized carbons (Fsp3) is 0.294. The van der Waals surface area contributed by atoms with E-state index in [0.717, 1.165) is 12.8 Å². The van der Waals surface area contributed by atoms with Gasteiger partial charge in [0.1, 0.15) is 5.82 Å². The Morgan fingerprint density at radius 2 is 1.81 bits per heavy atom. The summed E-state index contributed by atoms with van der Waals surface area (Å²) in [6.45, 7) is 0.382. The number of aliphatic hydroxyl groups excluding tert-OH is 1. The summed E-state index contributed by atoms with van der Waals surface area (Å²) in [5.74, 6) is -0.325. The zero-order valence-corrected chi connectivity index (χ0v) is 13.1. The van der Waals surface area contributed by atoms with Crippen LogP contribution in [0.15, 0.2) is 46.9 Å². The Kier molecular flexibility index (Phi) is 3.86. The van der Waals surface area contributed by atoms with Crippen LogP contribution in [-0.4, -0.2) is 11.7 Å². The van der Waals surface area contributed by atoms with Gasteiger partial charge in [0.2, 0.25) is 0 Å². The summed E-state index contributed by atoms with van der Waals surface area (Å²) in [5, 5.41) is 10.9. The molecule has 2 nitrogen and oxygen atoms in total. The topological polar surface area (TPSA) is 46.2 Å². The largest absolute Gasteiger partial charge is 0.388 e. The van der Waals surface area contributed by atoms with Crippen molar-refractivity contribution in [1.82, 2.24) is 0 Å². The first-order valence-corrected chi connectivity index (χ1v) is 7.75. The second kappa shape index (κ2) is 5.52. The lowest BCUT2D eigenvalue weighted by molar-refractivity contribution is 0.0352. The zero-order chi connectivity index (χ0) is 15.0. The van der Waals surface area contributed by atoms with Crippen LogP contribution in [0.5, 0.6) is 0 Å². The van der Waals surface area contributed by atoms with Gasteiger partial charge in [0.05, 0.1) is 6.10 Å². The molecule has 0 saturated heterocycles. The van der Waals surface area contributed by atoms with E-state index >= 15 is 0 Å². The van der Waals surface area contributed by atoms with Crippen molar-refractivity contribution in [3.63, 3.8) is 0 Å². The van der Waals surface area contributed by atoms with Gasteiger partial charge in [-0.2, -0.15) is 0 Å². The van der Waals surface area contributed by atoms with Crippen molar-refractivity contribution < 1.29 is 9.50 Å². The predicted molar refractivity (Wildman–Crippen MR) is 84.4 cm³/mol. The molecule has 4 heteroatoms. The van der Waals surface area contributed by atoms with Crippen molar-refractivity contribution >= 4 is 15.9 Å². The molecule has 0 spiro atoms. The maximum atomic E-state index is 13.2. The quantitative estimate of drug-likeness (QED) is 0.892. The summed E-state index contributed by atoms with van der Waals surface area (Å²) in [7, 11) is 0. The van der Waals surface area contributed by atoms with E-state index in [1.54, 1.807) is 6.07 Å². The molecule has 0 bridgehead atoms. The molecular formula is C17H17BrFNO. The van der Waals surface area contributed by atoms with E-state index in [0.29, 0.717) is 16.6 Å². The Balaban J connectivity index is 1.98. The van der Waals surface area contributed by atoms with Crippen LogP contribution in [0.3, 0.4) is 0 Å². The van der Waals surface area contributed by atoms with Crippen molar-refractivity contribution in [3.05, 3.63) is 69.4 Å². The number of rotatable bonds is 3. The number of hydrogen-bond donors (Lipinski definition) is 2. The molecule has 0 aromatic heterocycles. The van der Waals surface area contributed by atoms with Gasteiger partial charge in [-0.15, -0.1) is 0 Å². The van der Waals surface area contributed by atoms with Crippen LogP contribution in [0.2, 0.25) is 0 Å². The van der Waals surface area contributed by atoms with Gasteiger partial charge in [-0.3, -0.25) is 0 Å². The molecular weight excluding hydrogens is 333 g/mol. The van der Waals surface area contributed by atoms with Gasteiger partial charge >= 0.3 is 0 Å². The second-order valence-corrected chi connectivity index (χ2v) is 6.61. The van der Waals surface area contributed by atoms with E-state index < -0.39 is 11.5 Å². The number of hydrogen-bond acceptors (Lipinski definition) is 2. The summed E-state index contributed by atoms with van der Waals surface area (Å²) >= 11 is 3.34. The van der Waals surface area contributed by atoms with Gasteiger partial charge in [-0.05, 0) is 41.7 Å². The molecule has 3 N–H and O–H groups in total. The van der Waals surface area contributed by atoms with Crippen LogP contribution < -0.4 is 5.73 Å². The van der Waals surface area contributed by atoms with E-state index in [2.05, 4.69) is 28.1 Å². The Hall–Kier alpha value is -1.23. The van der Waals surface area contributed by atoms with Crippen molar-refractivity contribution in [2.45, 2.75) is 18.9 Å². The van der Waals surface area contributed by atoms with Gasteiger partial charge in [0.25, 0.3) is 0 Å². The molecule has 0 saturated carbocycles. The first kappa shape index (κ1) is 14.7. The lowest BCUT2D eigenvalue weighted by Gasteiger charge is -2.33. The molecule has 2 aromatic carbocycles. The van der Waals surface area contributed by atoms with E-state index in [4.69, 9.17) is 5.73 Å². The maximum absolute atomic E-state index is 13.2. The highest BCUT2D eigenvalue weighted by Gasteiger charge is 2.43. The van der Waals surface area contributed by atoms with Crippen molar-refractivity contribution in [2.75, 3.05) is 6.54 Å². The maximum Gasteiger partial charge on any atom is 0.124 e. The fourth-order valence-electron chi connectivity index (χ4n) is 3.23. The molecule has 0 aliphatic heterocycles. The minimum Gasteiger partial charge on any atom is -0.388 e. The third-order valence-electron chi connectivity index (χ3n) is 4.45. The zero-order valence-electron chi connectivity index (χ0n) is 11.5. The van der Waals surface area contributed by atoms with Crippen molar-refractivity contribution in [3.8, 4) is 0 Å². The normalized spacial score (nSPS) is 17.5. The number of fused-ring (bicyclic) bond motifs is 1. The average molecular weight is 350 g/mol. The molecule has 1 unspecified atom stereocenters. The first-order valence-electron chi connectivity index (χ1n) is 6.95. The van der Waals surface area contributed by atoms with Crippen LogP contribution in [-0.2, 0) is 12.8 Å². The number of benzene rings is 2. The van der Waals surface area contributed by atoms with E-state index in [9.17, 15) is 9.50 Å². The monoisotopic (exact) mass is 349 g/mol. The molecule has 0 fully saturated rings. The van der Waals surface area contributed by atoms with Gasteiger partial charge in [-0.25, -0.2) is 4.39 Å². The highest BCUT2D eigenvalue weighted by Crippen LogP contribution is 2.46. The highest BCUT2D eigenvalue weighted by atomic mass is 79.9. The lowest BCUT2D eigenvalue weighted by Crippen LogP contribution is -2.37. The lowest BCUT2D eigenvalue weighted by atomic mass is 9.76. The van der Waals surface area contributed by atoms with Crippen LogP contribution in [0.25, 0.3) is 0 Å². The summed E-state index contributed by atoms with van der Waals surface area (Å²) in [5.41, 5.74) is 8.75. The van der Waals surface area contributed by atoms with Crippen molar-refractivity contribution in [2.24, 2.45) is 11.1 Å². The second-order valence-electron chi connectivity index (χ2n) is 5.76. The van der Waals surface area contributed by atoms with E-state index in [1.165, 1.54) is 23.3 Å².